The number of benzene rings is 2. The van der Waals surface area contributed by atoms with E-state index in [0.29, 0.717) is 36.7 Å². The van der Waals surface area contributed by atoms with Crippen molar-refractivity contribution in [1.82, 2.24) is 5.32 Å². The fraction of sp³-hybridized carbons (Fsp3) is 0.300. The van der Waals surface area contributed by atoms with E-state index in [1.165, 1.54) is 4.90 Å². The molecule has 146 valence electrons. The number of rotatable bonds is 4. The van der Waals surface area contributed by atoms with Gasteiger partial charge in [-0.3, -0.25) is 4.79 Å². The van der Waals surface area contributed by atoms with Crippen LogP contribution in [0.4, 0.5) is 16.2 Å². The highest BCUT2D eigenvalue weighted by atomic mass is 16.6. The number of urea groups is 1. The van der Waals surface area contributed by atoms with Gasteiger partial charge in [-0.05, 0) is 30.3 Å². The summed E-state index contributed by atoms with van der Waals surface area (Å²) in [6.07, 6.45) is 0.507. The normalized spacial score (nSPS) is 17.4. The summed E-state index contributed by atoms with van der Waals surface area (Å²) < 4.78 is 16.9. The van der Waals surface area contributed by atoms with Crippen molar-refractivity contribution in [2.75, 3.05) is 37.0 Å². The van der Waals surface area contributed by atoms with Crippen molar-refractivity contribution >= 4 is 23.3 Å². The Hall–Kier alpha value is -3.42. The maximum atomic E-state index is 12.2. The molecule has 0 aliphatic carbocycles. The van der Waals surface area contributed by atoms with Gasteiger partial charge in [-0.2, -0.15) is 0 Å². The Labute approximate surface area is 162 Å². The second kappa shape index (κ2) is 7.67. The van der Waals surface area contributed by atoms with E-state index in [4.69, 9.17) is 14.2 Å². The summed E-state index contributed by atoms with van der Waals surface area (Å²) in [6, 6.07) is 12.4. The quantitative estimate of drug-likeness (QED) is 0.846. The summed E-state index contributed by atoms with van der Waals surface area (Å²) in [6.45, 7) is 0.911. The van der Waals surface area contributed by atoms with Crippen molar-refractivity contribution in [3.8, 4) is 17.2 Å². The van der Waals surface area contributed by atoms with Gasteiger partial charge in [0.2, 0.25) is 0 Å². The number of ether oxygens (including phenoxy) is 3. The van der Waals surface area contributed by atoms with E-state index < -0.39 is 0 Å². The second-order valence-corrected chi connectivity index (χ2v) is 6.59. The van der Waals surface area contributed by atoms with Crippen molar-refractivity contribution in [3.05, 3.63) is 42.5 Å². The third-order valence-corrected chi connectivity index (χ3v) is 4.62. The van der Waals surface area contributed by atoms with Crippen LogP contribution in [0, 0.1) is 0 Å². The number of carbonyl (C=O) groups is 2. The third kappa shape index (κ3) is 3.80. The fourth-order valence-corrected chi connectivity index (χ4v) is 3.08. The van der Waals surface area contributed by atoms with Gasteiger partial charge in [-0.15, -0.1) is 0 Å². The number of nitrogens with one attached hydrogen (secondary N) is 2. The van der Waals surface area contributed by atoms with Crippen LogP contribution in [-0.4, -0.2) is 44.8 Å². The minimum atomic E-state index is -0.331. The highest BCUT2D eigenvalue weighted by Gasteiger charge is 2.23. The van der Waals surface area contributed by atoms with Gasteiger partial charge in [0.25, 0.3) is 5.91 Å². The van der Waals surface area contributed by atoms with Crippen LogP contribution in [0.2, 0.25) is 0 Å². The van der Waals surface area contributed by atoms with E-state index in [2.05, 4.69) is 10.6 Å². The molecule has 8 nitrogen and oxygen atoms in total. The number of fused-ring (bicyclic) bond motifs is 2. The Morgan fingerprint density at radius 1 is 1.14 bits per heavy atom. The summed E-state index contributed by atoms with van der Waals surface area (Å²) >= 11 is 0. The number of amides is 3. The average molecular weight is 383 g/mol. The van der Waals surface area contributed by atoms with E-state index in [1.54, 1.807) is 25.2 Å². The molecule has 2 aromatic carbocycles. The number of likely N-dealkylation sites (N-methyl/N-ethyl adjacent to an activating group) is 1. The summed E-state index contributed by atoms with van der Waals surface area (Å²) in [5, 5.41) is 5.57. The van der Waals surface area contributed by atoms with Gasteiger partial charge in [0.1, 0.15) is 18.5 Å². The van der Waals surface area contributed by atoms with E-state index in [1.807, 2.05) is 24.3 Å². The van der Waals surface area contributed by atoms with Gasteiger partial charge < -0.3 is 29.7 Å². The molecule has 0 unspecified atom stereocenters. The molecule has 2 aromatic rings. The lowest BCUT2D eigenvalue weighted by atomic mass is 10.2. The topological polar surface area (TPSA) is 89.1 Å². The van der Waals surface area contributed by atoms with E-state index in [0.717, 1.165) is 11.5 Å². The molecular formula is C20H21N3O5. The van der Waals surface area contributed by atoms with E-state index in [-0.39, 0.29) is 24.6 Å². The highest BCUT2D eigenvalue weighted by Crippen LogP contribution is 2.34. The second-order valence-electron chi connectivity index (χ2n) is 6.59. The maximum Gasteiger partial charge on any atom is 0.319 e. The lowest BCUT2D eigenvalue weighted by Crippen LogP contribution is -2.36. The third-order valence-electron chi connectivity index (χ3n) is 4.62. The molecule has 0 radical (unpaired) electrons. The monoisotopic (exact) mass is 383 g/mol. The van der Waals surface area contributed by atoms with Crippen molar-refractivity contribution in [1.29, 1.82) is 0 Å². The molecule has 0 saturated heterocycles. The van der Waals surface area contributed by atoms with Crippen LogP contribution in [0.25, 0.3) is 0 Å². The minimum absolute atomic E-state index is 0.0220. The number of anilines is 2. The maximum absolute atomic E-state index is 12.2. The van der Waals surface area contributed by atoms with Gasteiger partial charge in [0.15, 0.2) is 18.1 Å². The number of carbonyl (C=O) groups excluding carboxylic acids is 2. The lowest BCUT2D eigenvalue weighted by molar-refractivity contribution is -0.120. The predicted molar refractivity (Wildman–Crippen MR) is 103 cm³/mol. The summed E-state index contributed by atoms with van der Waals surface area (Å²) in [5.41, 5.74) is 1.20. The van der Waals surface area contributed by atoms with Crippen LogP contribution in [-0.2, 0) is 4.79 Å². The summed E-state index contributed by atoms with van der Waals surface area (Å²) in [4.78, 5) is 25.4. The van der Waals surface area contributed by atoms with Crippen molar-refractivity contribution in [2.45, 2.75) is 12.5 Å². The molecule has 0 aromatic heterocycles. The molecular weight excluding hydrogens is 362 g/mol. The van der Waals surface area contributed by atoms with Crippen molar-refractivity contribution in [2.24, 2.45) is 0 Å². The lowest BCUT2D eigenvalue weighted by Gasteiger charge is -2.26. The van der Waals surface area contributed by atoms with Crippen molar-refractivity contribution < 1.29 is 23.8 Å². The van der Waals surface area contributed by atoms with Gasteiger partial charge in [-0.1, -0.05) is 12.1 Å². The smallest absolute Gasteiger partial charge is 0.319 e. The average Bonchev–Trinajstić information content (AvgIpc) is 2.71. The zero-order valence-electron chi connectivity index (χ0n) is 15.4. The van der Waals surface area contributed by atoms with Gasteiger partial charge >= 0.3 is 6.03 Å². The molecule has 0 saturated carbocycles. The summed E-state index contributed by atoms with van der Waals surface area (Å²) in [5.74, 6) is 1.94. The number of para-hydroxylation sites is 2. The molecule has 2 aliphatic rings. The van der Waals surface area contributed by atoms with Crippen LogP contribution in [0.5, 0.6) is 17.2 Å². The first-order chi connectivity index (χ1) is 13.6. The molecule has 2 N–H and O–H groups in total. The van der Waals surface area contributed by atoms with Gasteiger partial charge in [0.05, 0.1) is 5.69 Å². The molecule has 28 heavy (non-hydrogen) atoms. The molecule has 4 rings (SSSR count). The van der Waals surface area contributed by atoms with Crippen LogP contribution in [0.3, 0.4) is 0 Å². The first-order valence-electron chi connectivity index (χ1n) is 9.07. The first-order valence-corrected chi connectivity index (χ1v) is 9.07. The zero-order valence-corrected chi connectivity index (χ0v) is 15.4. The van der Waals surface area contributed by atoms with Crippen LogP contribution in [0.1, 0.15) is 6.42 Å². The number of hydrogen-bond donors (Lipinski definition) is 2. The standard InChI is InChI=1S/C20H21N3O5/c1-23-15-10-13(6-7-16(15)27-12-19(23)24)22-20(25)21-9-8-14-11-26-17-4-2-3-5-18(17)28-14/h2-7,10,14H,8-9,11-12H2,1H3,(H2,21,22,25)/t14-/m0/s1. The van der Waals surface area contributed by atoms with E-state index in [9.17, 15) is 9.59 Å². The predicted octanol–water partition coefficient (Wildman–Crippen LogP) is 2.39. The molecule has 8 heteroatoms. The van der Waals surface area contributed by atoms with Gasteiger partial charge in [0, 0.05) is 25.7 Å². The molecule has 0 spiro atoms. The Balaban J connectivity index is 1.27. The van der Waals surface area contributed by atoms with E-state index >= 15 is 0 Å². The Morgan fingerprint density at radius 2 is 1.96 bits per heavy atom. The molecule has 2 heterocycles. The Kier molecular flexibility index (Phi) is 4.92. The fourth-order valence-electron chi connectivity index (χ4n) is 3.08. The van der Waals surface area contributed by atoms with Crippen LogP contribution >= 0.6 is 0 Å². The first kappa shape index (κ1) is 18.0. The molecule has 3 amide bonds. The Morgan fingerprint density at radius 3 is 2.82 bits per heavy atom. The summed E-state index contributed by atoms with van der Waals surface area (Å²) in [7, 11) is 1.68. The van der Waals surface area contributed by atoms with Crippen LogP contribution in [0.15, 0.2) is 42.5 Å². The SMILES string of the molecule is CN1C(=O)COc2ccc(NC(=O)NCC[C@H]3COc4ccccc4O3)cc21. The zero-order chi connectivity index (χ0) is 19.5. The number of nitrogens with zero attached hydrogens (tertiary/aromatic N) is 1. The molecule has 0 bridgehead atoms. The molecule has 2 aliphatic heterocycles. The van der Waals surface area contributed by atoms with Crippen molar-refractivity contribution in [3.63, 3.8) is 0 Å². The molecule has 0 fully saturated rings. The largest absolute Gasteiger partial charge is 0.486 e. The van der Waals surface area contributed by atoms with Crippen LogP contribution < -0.4 is 29.7 Å². The Bertz CT molecular complexity index is 901. The highest BCUT2D eigenvalue weighted by molar-refractivity contribution is 5.99. The minimum Gasteiger partial charge on any atom is -0.486 e. The molecule has 1 atom stereocenters. The van der Waals surface area contributed by atoms with Gasteiger partial charge in [-0.25, -0.2) is 4.79 Å². The number of hydrogen-bond acceptors (Lipinski definition) is 5.